The molecule has 0 atom stereocenters. The lowest BCUT2D eigenvalue weighted by molar-refractivity contribution is -0.128. The largest absolute Gasteiger partial charge is 0.490 e. The zero-order valence-corrected chi connectivity index (χ0v) is 9.02. The Bertz CT molecular complexity index is 165. The summed E-state index contributed by atoms with van der Waals surface area (Å²) >= 11 is 11.0. The van der Waals surface area contributed by atoms with Crippen LogP contribution in [0.5, 0.6) is 0 Å². The molecule has 0 N–H and O–H groups in total. The van der Waals surface area contributed by atoms with E-state index in [1.807, 2.05) is 6.54 Å². The van der Waals surface area contributed by atoms with Crippen molar-refractivity contribution in [3.63, 3.8) is 0 Å². The number of halogens is 2. The van der Waals surface area contributed by atoms with Crippen LogP contribution in [0.1, 0.15) is 32.1 Å². The van der Waals surface area contributed by atoms with Crippen LogP contribution in [0.3, 0.4) is 0 Å². The van der Waals surface area contributed by atoms with Gasteiger partial charge in [0.1, 0.15) is 0 Å². The van der Waals surface area contributed by atoms with Crippen LogP contribution in [-0.4, -0.2) is 22.2 Å². The van der Waals surface area contributed by atoms with Crippen LogP contribution in [0.4, 0.5) is 0 Å². The molecule has 1 amide bonds. The standard InChI is InChI=1S/C9H14Cl2NO/c10-8(11)9(13)12-6-4-2-1-3-5-7-12/h6,8H,1-5,7H2/q-1. The monoisotopic (exact) mass is 222 g/mol. The molecule has 0 aromatic rings. The first-order valence-corrected chi connectivity index (χ1v) is 5.51. The number of hydrogen-bond donors (Lipinski definition) is 0. The van der Waals surface area contributed by atoms with Gasteiger partial charge in [0.25, 0.3) is 0 Å². The Balaban J connectivity index is 2.41. The molecule has 0 radical (unpaired) electrons. The first-order chi connectivity index (χ1) is 6.22. The average Bonchev–Trinajstić information content (AvgIpc) is 2.02. The Morgan fingerprint density at radius 3 is 2.62 bits per heavy atom. The van der Waals surface area contributed by atoms with Gasteiger partial charge in [-0.15, -0.1) is 0 Å². The van der Waals surface area contributed by atoms with Gasteiger partial charge in [-0.3, -0.25) is 4.79 Å². The van der Waals surface area contributed by atoms with E-state index in [4.69, 9.17) is 23.2 Å². The van der Waals surface area contributed by atoms with E-state index in [1.54, 1.807) is 4.90 Å². The highest BCUT2D eigenvalue weighted by Crippen LogP contribution is 2.16. The highest BCUT2D eigenvalue weighted by atomic mass is 35.5. The predicted octanol–water partition coefficient (Wildman–Crippen LogP) is 2.74. The third-order valence-electron chi connectivity index (χ3n) is 2.17. The zero-order valence-electron chi connectivity index (χ0n) is 7.51. The zero-order chi connectivity index (χ0) is 9.68. The van der Waals surface area contributed by atoms with Gasteiger partial charge in [0.15, 0.2) is 4.84 Å². The summed E-state index contributed by atoms with van der Waals surface area (Å²) < 4.78 is 0. The molecule has 1 saturated heterocycles. The van der Waals surface area contributed by atoms with Gasteiger partial charge in [-0.2, -0.15) is 6.42 Å². The molecule has 0 aliphatic carbocycles. The molecule has 0 bridgehead atoms. The van der Waals surface area contributed by atoms with Gasteiger partial charge >= 0.3 is 0 Å². The molecule has 0 spiro atoms. The second kappa shape index (κ2) is 5.71. The molecule has 1 aliphatic rings. The van der Waals surface area contributed by atoms with E-state index >= 15 is 0 Å². The molecule has 13 heavy (non-hydrogen) atoms. The molecule has 1 heterocycles. The topological polar surface area (TPSA) is 20.3 Å². The fourth-order valence-corrected chi connectivity index (χ4v) is 1.69. The van der Waals surface area contributed by atoms with Crippen LogP contribution in [-0.2, 0) is 4.79 Å². The molecular formula is C9H14Cl2NO-. The molecule has 0 saturated carbocycles. The lowest BCUT2D eigenvalue weighted by Crippen LogP contribution is -2.34. The molecule has 1 aliphatic heterocycles. The Kier molecular flexibility index (Phi) is 4.89. The Morgan fingerprint density at radius 2 is 1.92 bits per heavy atom. The van der Waals surface area contributed by atoms with Crippen molar-refractivity contribution in [1.29, 1.82) is 0 Å². The van der Waals surface area contributed by atoms with Crippen molar-refractivity contribution >= 4 is 29.1 Å². The van der Waals surface area contributed by atoms with Crippen LogP contribution < -0.4 is 0 Å². The predicted molar refractivity (Wildman–Crippen MR) is 54.6 cm³/mol. The second-order valence-corrected chi connectivity index (χ2v) is 4.31. The van der Waals surface area contributed by atoms with E-state index < -0.39 is 4.84 Å². The number of carbonyl (C=O) groups excluding carboxylic acids is 1. The smallest absolute Gasteiger partial charge is 0.226 e. The van der Waals surface area contributed by atoms with Crippen LogP contribution in [0.2, 0.25) is 0 Å². The highest BCUT2D eigenvalue weighted by molar-refractivity contribution is 6.53. The summed E-state index contributed by atoms with van der Waals surface area (Å²) in [6.07, 6.45) is 5.59. The number of hydrogen-bond acceptors (Lipinski definition) is 1. The fraction of sp³-hybridized carbons (Fsp3) is 0.778. The summed E-state index contributed by atoms with van der Waals surface area (Å²) in [5.41, 5.74) is 0. The molecule has 1 fully saturated rings. The van der Waals surface area contributed by atoms with Crippen molar-refractivity contribution in [2.24, 2.45) is 0 Å². The van der Waals surface area contributed by atoms with Crippen molar-refractivity contribution in [1.82, 2.24) is 4.90 Å². The normalized spacial score (nSPS) is 19.8. The van der Waals surface area contributed by atoms with Crippen LogP contribution in [0.25, 0.3) is 0 Å². The van der Waals surface area contributed by atoms with Gasteiger partial charge in [-0.25, -0.2) is 6.54 Å². The molecule has 1 rings (SSSR count). The quantitative estimate of drug-likeness (QED) is 0.494. The fourth-order valence-electron chi connectivity index (χ4n) is 1.44. The third kappa shape index (κ3) is 3.74. The maximum absolute atomic E-state index is 11.4. The van der Waals surface area contributed by atoms with Gasteiger partial charge < -0.3 is 4.90 Å². The lowest BCUT2D eigenvalue weighted by atomic mass is 10.1. The minimum absolute atomic E-state index is 0.190. The Labute approximate surface area is 89.2 Å². The highest BCUT2D eigenvalue weighted by Gasteiger charge is 2.14. The third-order valence-corrected chi connectivity index (χ3v) is 2.55. The number of rotatable bonds is 1. The van der Waals surface area contributed by atoms with Crippen molar-refractivity contribution < 1.29 is 4.79 Å². The summed E-state index contributed by atoms with van der Waals surface area (Å²) in [4.78, 5) is 12.1. The molecule has 0 unspecified atom stereocenters. The average molecular weight is 223 g/mol. The van der Waals surface area contributed by atoms with E-state index in [-0.39, 0.29) is 5.91 Å². The summed E-state index contributed by atoms with van der Waals surface area (Å²) in [6.45, 7) is 2.67. The van der Waals surface area contributed by atoms with E-state index in [1.165, 1.54) is 12.8 Å². The number of amides is 1. The number of carbonyl (C=O) groups is 1. The molecule has 0 aromatic heterocycles. The number of alkyl halides is 2. The summed E-state index contributed by atoms with van der Waals surface area (Å²) in [7, 11) is 0. The van der Waals surface area contributed by atoms with Crippen LogP contribution >= 0.6 is 23.2 Å². The van der Waals surface area contributed by atoms with Gasteiger partial charge in [0.2, 0.25) is 5.91 Å². The molecular weight excluding hydrogens is 209 g/mol. The van der Waals surface area contributed by atoms with Crippen LogP contribution in [0.15, 0.2) is 0 Å². The van der Waals surface area contributed by atoms with Gasteiger partial charge in [0, 0.05) is 0 Å². The molecule has 0 aromatic carbocycles. The summed E-state index contributed by atoms with van der Waals surface area (Å²) in [6, 6.07) is 0. The molecule has 2 nitrogen and oxygen atoms in total. The van der Waals surface area contributed by atoms with Gasteiger partial charge in [0.05, 0.1) is 0 Å². The minimum atomic E-state index is -0.921. The molecule has 4 heteroatoms. The lowest BCUT2D eigenvalue weighted by Gasteiger charge is -2.35. The van der Waals surface area contributed by atoms with Gasteiger partial charge in [-0.05, 0) is 13.0 Å². The summed E-state index contributed by atoms with van der Waals surface area (Å²) in [5.74, 6) is -0.190. The van der Waals surface area contributed by atoms with E-state index in [0.717, 1.165) is 25.8 Å². The van der Waals surface area contributed by atoms with E-state index in [2.05, 4.69) is 0 Å². The first-order valence-electron chi connectivity index (χ1n) is 4.64. The molecule has 76 valence electrons. The van der Waals surface area contributed by atoms with E-state index in [9.17, 15) is 4.79 Å². The van der Waals surface area contributed by atoms with Crippen LogP contribution in [0, 0.1) is 6.54 Å². The SMILES string of the molecule is O=C(C(Cl)Cl)N1[CH-]CCCCCC1. The summed E-state index contributed by atoms with van der Waals surface area (Å²) in [5, 5.41) is 0. The van der Waals surface area contributed by atoms with Crippen molar-refractivity contribution in [2.75, 3.05) is 6.54 Å². The van der Waals surface area contributed by atoms with Gasteiger partial charge in [-0.1, -0.05) is 42.5 Å². The van der Waals surface area contributed by atoms with E-state index in [0.29, 0.717) is 0 Å². The Hall–Kier alpha value is 0.0500. The van der Waals surface area contributed by atoms with Crippen molar-refractivity contribution in [3.8, 4) is 0 Å². The minimum Gasteiger partial charge on any atom is -0.490 e. The second-order valence-electron chi connectivity index (χ2n) is 3.22. The number of nitrogens with zero attached hydrogens (tertiary/aromatic N) is 1. The van der Waals surface area contributed by atoms with Crippen molar-refractivity contribution in [3.05, 3.63) is 6.54 Å². The Morgan fingerprint density at radius 1 is 1.23 bits per heavy atom. The first kappa shape index (κ1) is 11.1. The van der Waals surface area contributed by atoms with Crippen molar-refractivity contribution in [2.45, 2.75) is 36.9 Å². The number of likely N-dealkylation sites (tertiary alicyclic amines) is 1. The maximum Gasteiger partial charge on any atom is 0.226 e. The maximum atomic E-state index is 11.4.